The number of hydrogen-bond acceptors (Lipinski definition) is 3. The van der Waals surface area contributed by atoms with Crippen molar-refractivity contribution in [3.8, 4) is 0 Å². The highest BCUT2D eigenvalue weighted by Crippen LogP contribution is 2.03. The maximum Gasteiger partial charge on any atom is 0.343 e. The van der Waals surface area contributed by atoms with Gasteiger partial charge in [-0.3, -0.25) is 5.41 Å². The molecule has 0 fully saturated rings. The standard InChI is InChI=1S/C5H6FNO3/c1-2(8)3(4(6)7)5(9)10/h7-8H,1H3,(H,9,10). The van der Waals surface area contributed by atoms with Crippen LogP contribution in [0.5, 0.6) is 0 Å². The van der Waals surface area contributed by atoms with Crippen LogP contribution in [-0.2, 0) is 4.79 Å². The van der Waals surface area contributed by atoms with Crippen molar-refractivity contribution in [1.82, 2.24) is 0 Å². The van der Waals surface area contributed by atoms with E-state index in [4.69, 9.17) is 15.6 Å². The summed E-state index contributed by atoms with van der Waals surface area (Å²) >= 11 is 0. The number of aliphatic hydroxyl groups is 1. The molecule has 56 valence electrons. The lowest BCUT2D eigenvalue weighted by Crippen LogP contribution is -2.09. The minimum Gasteiger partial charge on any atom is -0.512 e. The van der Waals surface area contributed by atoms with E-state index in [0.717, 1.165) is 6.92 Å². The Morgan fingerprint density at radius 1 is 1.50 bits per heavy atom. The number of carboxylic acids is 1. The smallest absolute Gasteiger partial charge is 0.343 e. The van der Waals surface area contributed by atoms with Crippen LogP contribution >= 0.6 is 0 Å². The van der Waals surface area contributed by atoms with Gasteiger partial charge in [0, 0.05) is 0 Å². The molecule has 0 saturated heterocycles. The van der Waals surface area contributed by atoms with E-state index in [1.54, 1.807) is 0 Å². The monoisotopic (exact) mass is 147 g/mol. The molecule has 3 N–H and O–H groups in total. The molecule has 0 aliphatic rings. The quantitative estimate of drug-likeness (QED) is 0.307. The predicted octanol–water partition coefficient (Wildman–Crippen LogP) is 0.850. The molecular formula is C5H6FNO3. The van der Waals surface area contributed by atoms with Gasteiger partial charge in [-0.1, -0.05) is 0 Å². The topological polar surface area (TPSA) is 81.4 Å². The molecule has 0 saturated carbocycles. The molecule has 0 amide bonds. The van der Waals surface area contributed by atoms with Crippen molar-refractivity contribution < 1.29 is 19.4 Å². The van der Waals surface area contributed by atoms with Gasteiger partial charge in [0.1, 0.15) is 5.76 Å². The number of carbonyl (C=O) groups is 1. The first-order valence-corrected chi connectivity index (χ1v) is 2.34. The van der Waals surface area contributed by atoms with Crippen LogP contribution in [-0.4, -0.2) is 22.1 Å². The predicted molar refractivity (Wildman–Crippen MR) is 31.8 cm³/mol. The van der Waals surface area contributed by atoms with Crippen molar-refractivity contribution in [2.24, 2.45) is 0 Å². The summed E-state index contributed by atoms with van der Waals surface area (Å²) in [6.45, 7) is 0.998. The van der Waals surface area contributed by atoms with E-state index in [2.05, 4.69) is 0 Å². The zero-order valence-corrected chi connectivity index (χ0v) is 5.18. The minimum absolute atomic E-state index is 0.708. The first-order chi connectivity index (χ1) is 4.46. The summed E-state index contributed by atoms with van der Waals surface area (Å²) in [7, 11) is 0. The van der Waals surface area contributed by atoms with Crippen LogP contribution in [0.25, 0.3) is 0 Å². The molecule has 0 rings (SSSR count). The van der Waals surface area contributed by atoms with Gasteiger partial charge in [0.2, 0.25) is 5.97 Å². The second-order valence-electron chi connectivity index (χ2n) is 1.58. The van der Waals surface area contributed by atoms with Gasteiger partial charge in [0.15, 0.2) is 5.57 Å². The maximum absolute atomic E-state index is 11.9. The van der Waals surface area contributed by atoms with E-state index in [1.165, 1.54) is 0 Å². The van der Waals surface area contributed by atoms with Crippen molar-refractivity contribution in [2.45, 2.75) is 6.92 Å². The van der Waals surface area contributed by atoms with Gasteiger partial charge in [0.05, 0.1) is 0 Å². The van der Waals surface area contributed by atoms with Crippen molar-refractivity contribution in [2.75, 3.05) is 0 Å². The van der Waals surface area contributed by atoms with Gasteiger partial charge in [-0.25, -0.2) is 4.79 Å². The lowest BCUT2D eigenvalue weighted by molar-refractivity contribution is -0.132. The largest absolute Gasteiger partial charge is 0.512 e. The zero-order chi connectivity index (χ0) is 8.31. The van der Waals surface area contributed by atoms with Crippen molar-refractivity contribution in [3.63, 3.8) is 0 Å². The summed E-state index contributed by atoms with van der Waals surface area (Å²) in [4.78, 5) is 9.98. The fourth-order valence-electron chi connectivity index (χ4n) is 0.407. The molecule has 0 aliphatic carbocycles. The highest BCUT2D eigenvalue weighted by atomic mass is 19.1. The molecule has 0 aromatic carbocycles. The maximum atomic E-state index is 11.9. The summed E-state index contributed by atoms with van der Waals surface area (Å²) in [5.41, 5.74) is -1.000. The molecule has 0 heterocycles. The third-order valence-corrected chi connectivity index (χ3v) is 0.795. The average molecular weight is 147 g/mol. The molecule has 5 heteroatoms. The Morgan fingerprint density at radius 3 is 1.90 bits per heavy atom. The molecule has 4 nitrogen and oxygen atoms in total. The molecule has 10 heavy (non-hydrogen) atoms. The first kappa shape index (κ1) is 8.61. The molecule has 0 atom stereocenters. The van der Waals surface area contributed by atoms with Gasteiger partial charge in [-0.15, -0.1) is 0 Å². The Labute approximate surface area is 56.1 Å². The van der Waals surface area contributed by atoms with Crippen LogP contribution in [0, 0.1) is 5.41 Å². The molecule has 0 bridgehead atoms. The number of aliphatic carboxylic acids is 1. The molecule has 0 aliphatic heterocycles. The number of allylic oxidation sites excluding steroid dienone is 1. The van der Waals surface area contributed by atoms with E-state index in [-0.39, 0.29) is 0 Å². The molecule has 0 radical (unpaired) electrons. The Morgan fingerprint density at radius 2 is 1.90 bits per heavy atom. The number of hydrogen-bond donors (Lipinski definition) is 3. The van der Waals surface area contributed by atoms with Gasteiger partial charge in [-0.05, 0) is 6.92 Å². The number of halogens is 1. The van der Waals surface area contributed by atoms with E-state index in [9.17, 15) is 9.18 Å². The number of aliphatic hydroxyl groups excluding tert-OH is 1. The lowest BCUT2D eigenvalue weighted by atomic mass is 10.2. The van der Waals surface area contributed by atoms with Crippen LogP contribution in [0.4, 0.5) is 4.39 Å². The molecule has 0 unspecified atom stereocenters. The third kappa shape index (κ3) is 1.85. The Bertz CT molecular complexity index is 189. The van der Waals surface area contributed by atoms with Gasteiger partial charge >= 0.3 is 5.97 Å². The van der Waals surface area contributed by atoms with Gasteiger partial charge in [-0.2, -0.15) is 4.39 Å². The van der Waals surface area contributed by atoms with E-state index in [0.29, 0.717) is 0 Å². The number of nitrogens with one attached hydrogen (secondary N) is 1. The average Bonchev–Trinajstić information content (AvgIpc) is 1.59. The van der Waals surface area contributed by atoms with Crippen molar-refractivity contribution in [1.29, 1.82) is 5.41 Å². The van der Waals surface area contributed by atoms with E-state index >= 15 is 0 Å². The van der Waals surface area contributed by atoms with Gasteiger partial charge < -0.3 is 10.2 Å². The zero-order valence-electron chi connectivity index (χ0n) is 5.18. The van der Waals surface area contributed by atoms with Gasteiger partial charge in [0.25, 0.3) is 0 Å². The summed E-state index contributed by atoms with van der Waals surface area (Å²) < 4.78 is 11.9. The second kappa shape index (κ2) is 2.95. The fourth-order valence-corrected chi connectivity index (χ4v) is 0.407. The van der Waals surface area contributed by atoms with Crippen LogP contribution in [0.1, 0.15) is 6.92 Å². The first-order valence-electron chi connectivity index (χ1n) is 2.34. The summed E-state index contributed by atoms with van der Waals surface area (Å²) in [6.07, 6.45) is 0. The van der Waals surface area contributed by atoms with E-state index in [1.807, 2.05) is 0 Å². The second-order valence-corrected chi connectivity index (χ2v) is 1.58. The number of rotatable bonds is 2. The highest BCUT2D eigenvalue weighted by molar-refractivity contribution is 6.14. The van der Waals surface area contributed by atoms with E-state index < -0.39 is 23.3 Å². The summed E-state index contributed by atoms with van der Waals surface area (Å²) in [5, 5.41) is 22.8. The van der Waals surface area contributed by atoms with Crippen LogP contribution < -0.4 is 0 Å². The lowest BCUT2D eigenvalue weighted by Gasteiger charge is -1.95. The summed E-state index contributed by atoms with van der Waals surface area (Å²) in [5.74, 6) is -4.00. The normalized spacial score (nSPS) is 12.2. The molecule has 0 aromatic rings. The van der Waals surface area contributed by atoms with Crippen molar-refractivity contribution in [3.05, 3.63) is 11.3 Å². The fraction of sp³-hybridized carbons (Fsp3) is 0.200. The third-order valence-electron chi connectivity index (χ3n) is 0.795. The number of carboxylic acid groups (broad SMARTS) is 1. The van der Waals surface area contributed by atoms with Crippen LogP contribution in [0.3, 0.4) is 0 Å². The molecule has 0 aromatic heterocycles. The van der Waals surface area contributed by atoms with Crippen LogP contribution in [0.15, 0.2) is 11.3 Å². The highest BCUT2D eigenvalue weighted by Gasteiger charge is 2.16. The Kier molecular flexibility index (Phi) is 2.54. The molecular weight excluding hydrogens is 141 g/mol. The summed E-state index contributed by atoms with van der Waals surface area (Å²) in [6, 6.07) is 0. The van der Waals surface area contributed by atoms with Crippen molar-refractivity contribution >= 4 is 11.9 Å². The molecule has 0 spiro atoms. The Balaban J connectivity index is 4.79. The van der Waals surface area contributed by atoms with Crippen LogP contribution in [0.2, 0.25) is 0 Å². The Hall–Kier alpha value is -1.39. The minimum atomic E-state index is -1.65. The SMILES string of the molecule is CC(O)=C(C(=N)F)C(=O)O.